The van der Waals surface area contributed by atoms with E-state index in [2.05, 4.69) is 22.8 Å². The van der Waals surface area contributed by atoms with Gasteiger partial charge in [-0.2, -0.15) is 0 Å². The second kappa shape index (κ2) is 6.68. The molecule has 18 heavy (non-hydrogen) atoms. The average molecular weight is 281 g/mol. The van der Waals surface area contributed by atoms with Gasteiger partial charge in [0.05, 0.1) is 6.42 Å². The SMILES string of the molecule is O=C(O)Cc1ccc(CNCCc2cccs2)s1. The van der Waals surface area contributed by atoms with E-state index < -0.39 is 5.97 Å². The van der Waals surface area contributed by atoms with Gasteiger partial charge in [0, 0.05) is 27.7 Å². The van der Waals surface area contributed by atoms with Crippen LogP contribution < -0.4 is 5.32 Å². The van der Waals surface area contributed by atoms with Crippen LogP contribution >= 0.6 is 22.7 Å². The summed E-state index contributed by atoms with van der Waals surface area (Å²) in [7, 11) is 0. The van der Waals surface area contributed by atoms with Crippen LogP contribution in [0.25, 0.3) is 0 Å². The highest BCUT2D eigenvalue weighted by Crippen LogP contribution is 2.17. The molecule has 0 aromatic carbocycles. The summed E-state index contributed by atoms with van der Waals surface area (Å²) in [4.78, 5) is 14.1. The van der Waals surface area contributed by atoms with E-state index >= 15 is 0 Å². The highest BCUT2D eigenvalue weighted by atomic mass is 32.1. The van der Waals surface area contributed by atoms with Gasteiger partial charge >= 0.3 is 5.97 Å². The van der Waals surface area contributed by atoms with Gasteiger partial charge in [-0.3, -0.25) is 4.79 Å². The zero-order valence-corrected chi connectivity index (χ0v) is 11.5. The monoisotopic (exact) mass is 281 g/mol. The summed E-state index contributed by atoms with van der Waals surface area (Å²) >= 11 is 3.35. The van der Waals surface area contributed by atoms with Crippen LogP contribution in [-0.4, -0.2) is 17.6 Å². The molecule has 0 bridgehead atoms. The van der Waals surface area contributed by atoms with Gasteiger partial charge in [-0.25, -0.2) is 0 Å². The normalized spacial score (nSPS) is 10.7. The summed E-state index contributed by atoms with van der Waals surface area (Å²) in [6.45, 7) is 1.77. The summed E-state index contributed by atoms with van der Waals surface area (Å²) in [6.07, 6.45) is 1.17. The first-order valence-corrected chi connectivity index (χ1v) is 7.46. The molecule has 0 radical (unpaired) electrons. The van der Waals surface area contributed by atoms with Crippen molar-refractivity contribution in [2.24, 2.45) is 0 Å². The van der Waals surface area contributed by atoms with Crippen LogP contribution in [0.2, 0.25) is 0 Å². The third kappa shape index (κ3) is 4.25. The molecule has 0 amide bonds. The van der Waals surface area contributed by atoms with Crippen LogP contribution in [0.3, 0.4) is 0 Å². The number of carboxylic acids is 1. The number of rotatable bonds is 7. The summed E-state index contributed by atoms with van der Waals surface area (Å²) in [5.41, 5.74) is 0. The maximum Gasteiger partial charge on any atom is 0.308 e. The van der Waals surface area contributed by atoms with Crippen molar-refractivity contribution < 1.29 is 9.90 Å². The second-order valence-electron chi connectivity index (χ2n) is 3.94. The Kier molecular flexibility index (Phi) is 4.92. The Hall–Kier alpha value is -1.17. The Morgan fingerprint density at radius 1 is 1.22 bits per heavy atom. The van der Waals surface area contributed by atoms with Crippen LogP contribution in [0, 0.1) is 0 Å². The van der Waals surface area contributed by atoms with Crippen LogP contribution in [0.15, 0.2) is 29.6 Å². The number of nitrogens with one attached hydrogen (secondary N) is 1. The molecule has 2 N–H and O–H groups in total. The number of hydrogen-bond donors (Lipinski definition) is 2. The first-order valence-electron chi connectivity index (χ1n) is 5.76. The zero-order valence-electron chi connectivity index (χ0n) is 9.89. The van der Waals surface area contributed by atoms with Gasteiger partial charge in [0.2, 0.25) is 0 Å². The molecule has 2 rings (SSSR count). The first-order chi connectivity index (χ1) is 8.74. The number of thiophene rings is 2. The molecule has 0 saturated carbocycles. The maximum atomic E-state index is 10.6. The third-order valence-electron chi connectivity index (χ3n) is 2.47. The van der Waals surface area contributed by atoms with Gasteiger partial charge in [-0.1, -0.05) is 6.07 Å². The highest BCUT2D eigenvalue weighted by molar-refractivity contribution is 7.12. The van der Waals surface area contributed by atoms with E-state index in [0.717, 1.165) is 24.4 Å². The van der Waals surface area contributed by atoms with E-state index in [1.807, 2.05) is 12.1 Å². The molecule has 0 atom stereocenters. The number of carbonyl (C=O) groups is 1. The molecule has 0 unspecified atom stereocenters. The van der Waals surface area contributed by atoms with Gasteiger partial charge < -0.3 is 10.4 Å². The molecule has 0 aliphatic rings. The fourth-order valence-corrected chi connectivity index (χ4v) is 3.33. The molecule has 2 aromatic rings. The van der Waals surface area contributed by atoms with Crippen molar-refractivity contribution in [3.05, 3.63) is 44.3 Å². The summed E-state index contributed by atoms with van der Waals surface area (Å²) in [5, 5.41) is 14.2. The lowest BCUT2D eigenvalue weighted by molar-refractivity contribution is -0.136. The lowest BCUT2D eigenvalue weighted by Gasteiger charge is -2.01. The quantitative estimate of drug-likeness (QED) is 0.767. The number of carboxylic acid groups (broad SMARTS) is 1. The predicted molar refractivity (Wildman–Crippen MR) is 75.4 cm³/mol. The molecule has 3 nitrogen and oxygen atoms in total. The smallest absolute Gasteiger partial charge is 0.308 e. The first kappa shape index (κ1) is 13.3. The molecule has 2 aromatic heterocycles. The van der Waals surface area contributed by atoms with Crippen LogP contribution in [0.5, 0.6) is 0 Å². The number of hydrogen-bond acceptors (Lipinski definition) is 4. The molecule has 0 aliphatic heterocycles. The molecule has 0 fully saturated rings. The fraction of sp³-hybridized carbons (Fsp3) is 0.308. The molecule has 5 heteroatoms. The van der Waals surface area contributed by atoms with Crippen molar-refractivity contribution in [2.75, 3.05) is 6.54 Å². The summed E-state index contributed by atoms with van der Waals surface area (Å²) in [5.74, 6) is -0.769. The van der Waals surface area contributed by atoms with Crippen molar-refractivity contribution in [1.82, 2.24) is 5.32 Å². The van der Waals surface area contributed by atoms with Gasteiger partial charge in [-0.15, -0.1) is 22.7 Å². The third-order valence-corrected chi connectivity index (χ3v) is 4.49. The lowest BCUT2D eigenvalue weighted by Crippen LogP contribution is -2.15. The van der Waals surface area contributed by atoms with Gasteiger partial charge in [-0.05, 0) is 30.0 Å². The standard InChI is InChI=1S/C13H15NO2S2/c15-13(16)8-11-3-4-12(18-11)9-14-6-5-10-2-1-7-17-10/h1-4,7,14H,5-6,8-9H2,(H,15,16). The largest absolute Gasteiger partial charge is 0.481 e. The van der Waals surface area contributed by atoms with E-state index in [1.54, 1.807) is 22.7 Å². The summed E-state index contributed by atoms with van der Waals surface area (Å²) < 4.78 is 0. The van der Waals surface area contributed by atoms with Crippen molar-refractivity contribution in [3.8, 4) is 0 Å². The maximum absolute atomic E-state index is 10.6. The molecular formula is C13H15NO2S2. The van der Waals surface area contributed by atoms with E-state index in [4.69, 9.17) is 5.11 Å². The fourth-order valence-electron chi connectivity index (χ4n) is 1.64. The molecular weight excluding hydrogens is 266 g/mol. The Balaban J connectivity index is 1.70. The highest BCUT2D eigenvalue weighted by Gasteiger charge is 2.04. The Morgan fingerprint density at radius 3 is 2.78 bits per heavy atom. The van der Waals surface area contributed by atoms with Crippen molar-refractivity contribution in [1.29, 1.82) is 0 Å². The average Bonchev–Trinajstić information content (AvgIpc) is 2.95. The van der Waals surface area contributed by atoms with Crippen LogP contribution in [0.4, 0.5) is 0 Å². The van der Waals surface area contributed by atoms with Crippen LogP contribution in [0.1, 0.15) is 14.6 Å². The van der Waals surface area contributed by atoms with E-state index in [0.29, 0.717) is 0 Å². The van der Waals surface area contributed by atoms with Gasteiger partial charge in [0.15, 0.2) is 0 Å². The molecule has 0 spiro atoms. The Labute approximate surface area is 114 Å². The predicted octanol–water partition coefficient (Wildman–Crippen LogP) is 2.77. The van der Waals surface area contributed by atoms with E-state index in [9.17, 15) is 4.79 Å². The number of aliphatic carboxylic acids is 1. The van der Waals surface area contributed by atoms with Crippen molar-refractivity contribution in [3.63, 3.8) is 0 Å². The topological polar surface area (TPSA) is 49.3 Å². The van der Waals surface area contributed by atoms with E-state index in [-0.39, 0.29) is 6.42 Å². The Morgan fingerprint density at radius 2 is 2.06 bits per heavy atom. The second-order valence-corrected chi connectivity index (χ2v) is 6.23. The van der Waals surface area contributed by atoms with Crippen molar-refractivity contribution in [2.45, 2.75) is 19.4 Å². The summed E-state index contributed by atoms with van der Waals surface area (Å²) in [6, 6.07) is 8.11. The zero-order chi connectivity index (χ0) is 12.8. The molecule has 2 heterocycles. The minimum Gasteiger partial charge on any atom is -0.481 e. The molecule has 0 saturated heterocycles. The van der Waals surface area contributed by atoms with Gasteiger partial charge in [0.25, 0.3) is 0 Å². The molecule has 0 aliphatic carbocycles. The Bertz CT molecular complexity index is 491. The van der Waals surface area contributed by atoms with Crippen molar-refractivity contribution >= 4 is 28.6 Å². The van der Waals surface area contributed by atoms with E-state index in [1.165, 1.54) is 9.75 Å². The lowest BCUT2D eigenvalue weighted by atomic mass is 10.3. The van der Waals surface area contributed by atoms with Gasteiger partial charge in [0.1, 0.15) is 0 Å². The minimum atomic E-state index is -0.769. The van der Waals surface area contributed by atoms with Crippen LogP contribution in [-0.2, 0) is 24.2 Å². The molecule has 96 valence electrons. The minimum absolute atomic E-state index is 0.125.